The summed E-state index contributed by atoms with van der Waals surface area (Å²) in [7, 11) is 2.25. The van der Waals surface area contributed by atoms with Crippen molar-refractivity contribution in [1.82, 2.24) is 4.90 Å². The smallest absolute Gasteiger partial charge is 0.0234 e. The highest BCUT2D eigenvalue weighted by Crippen LogP contribution is 2.59. The SMILES string of the molecule is CN(CC1=CC[C@H]2C[C@@H]1C2(C)C)Cc1ccc(-c2cccc(Br)c2)cc1. The molecule has 0 radical (unpaired) electrons. The van der Waals surface area contributed by atoms with Gasteiger partial charge in [-0.3, -0.25) is 4.90 Å². The Balaban J connectivity index is 1.39. The summed E-state index contributed by atoms with van der Waals surface area (Å²) in [6.45, 7) is 7.03. The lowest BCUT2D eigenvalue weighted by Crippen LogP contribution is -2.49. The number of hydrogen-bond acceptors (Lipinski definition) is 1. The fourth-order valence-corrected chi connectivity index (χ4v) is 5.20. The van der Waals surface area contributed by atoms with Crippen molar-refractivity contribution in [3.8, 4) is 11.1 Å². The number of allylic oxidation sites excluding steroid dienone is 1. The second-order valence-corrected chi connectivity index (χ2v) is 9.62. The number of benzene rings is 2. The van der Waals surface area contributed by atoms with E-state index in [2.05, 4.69) is 96.3 Å². The molecule has 136 valence electrons. The molecule has 3 aliphatic carbocycles. The maximum absolute atomic E-state index is 3.56. The zero-order valence-corrected chi connectivity index (χ0v) is 17.6. The molecule has 0 amide bonds. The number of halogens is 1. The van der Waals surface area contributed by atoms with Crippen molar-refractivity contribution in [3.05, 3.63) is 70.2 Å². The first-order valence-electron chi connectivity index (χ1n) is 9.66. The molecule has 0 N–H and O–H groups in total. The Morgan fingerprint density at radius 2 is 1.81 bits per heavy atom. The summed E-state index contributed by atoms with van der Waals surface area (Å²) in [6.07, 6.45) is 5.22. The molecule has 26 heavy (non-hydrogen) atoms. The Hall–Kier alpha value is -1.38. The van der Waals surface area contributed by atoms with Gasteiger partial charge in [0.05, 0.1) is 0 Å². The average molecular weight is 410 g/mol. The predicted octanol–water partition coefficient (Wildman–Crippen LogP) is 6.54. The van der Waals surface area contributed by atoms with Crippen molar-refractivity contribution in [3.63, 3.8) is 0 Å². The zero-order valence-electron chi connectivity index (χ0n) is 16.0. The molecule has 0 aliphatic heterocycles. The third kappa shape index (κ3) is 3.42. The molecule has 0 spiro atoms. The first-order valence-corrected chi connectivity index (χ1v) is 10.4. The van der Waals surface area contributed by atoms with Crippen molar-refractivity contribution >= 4 is 15.9 Å². The summed E-state index contributed by atoms with van der Waals surface area (Å²) in [5.41, 5.74) is 6.11. The summed E-state index contributed by atoms with van der Waals surface area (Å²) < 4.78 is 1.13. The number of nitrogens with zero attached hydrogens (tertiary/aromatic N) is 1. The molecule has 2 atom stereocenters. The van der Waals surface area contributed by atoms with Crippen LogP contribution >= 0.6 is 15.9 Å². The lowest BCUT2D eigenvalue weighted by molar-refractivity contribution is -0.0101. The van der Waals surface area contributed by atoms with Gasteiger partial charge in [-0.25, -0.2) is 0 Å². The lowest BCUT2D eigenvalue weighted by atomic mass is 9.49. The van der Waals surface area contributed by atoms with Crippen LogP contribution in [0.5, 0.6) is 0 Å². The minimum atomic E-state index is 0.524. The number of fused-ring (bicyclic) bond motifs is 1. The molecule has 5 rings (SSSR count). The van der Waals surface area contributed by atoms with Crippen LogP contribution in [0.25, 0.3) is 11.1 Å². The van der Waals surface area contributed by atoms with Gasteiger partial charge in [-0.15, -0.1) is 0 Å². The molecule has 0 heterocycles. The van der Waals surface area contributed by atoms with Gasteiger partial charge in [0.1, 0.15) is 0 Å². The second kappa shape index (κ2) is 6.98. The van der Waals surface area contributed by atoms with E-state index in [-0.39, 0.29) is 0 Å². The Bertz CT molecular complexity index is 818. The highest BCUT2D eigenvalue weighted by Gasteiger charge is 2.50. The zero-order chi connectivity index (χ0) is 18.3. The van der Waals surface area contributed by atoms with Crippen LogP contribution in [-0.4, -0.2) is 18.5 Å². The summed E-state index contributed by atoms with van der Waals surface area (Å²) in [5.74, 6) is 1.73. The van der Waals surface area contributed by atoms with E-state index < -0.39 is 0 Å². The van der Waals surface area contributed by atoms with E-state index in [4.69, 9.17) is 0 Å². The monoisotopic (exact) mass is 409 g/mol. The van der Waals surface area contributed by atoms with Gasteiger partial charge in [-0.05, 0) is 66.0 Å². The van der Waals surface area contributed by atoms with E-state index in [9.17, 15) is 0 Å². The van der Waals surface area contributed by atoms with Gasteiger partial charge >= 0.3 is 0 Å². The molecule has 3 aliphatic rings. The highest BCUT2D eigenvalue weighted by molar-refractivity contribution is 9.10. The summed E-state index contributed by atoms with van der Waals surface area (Å²) in [5, 5.41) is 0. The van der Waals surface area contributed by atoms with Crippen LogP contribution in [0.2, 0.25) is 0 Å². The van der Waals surface area contributed by atoms with Gasteiger partial charge in [0.25, 0.3) is 0 Å². The first-order chi connectivity index (χ1) is 12.4. The first kappa shape index (κ1) is 18.0. The Morgan fingerprint density at radius 1 is 1.04 bits per heavy atom. The minimum absolute atomic E-state index is 0.524. The molecule has 1 nitrogen and oxygen atoms in total. The lowest BCUT2D eigenvalue weighted by Gasteiger charge is -2.57. The Kier molecular flexibility index (Phi) is 4.83. The van der Waals surface area contributed by atoms with E-state index in [0.717, 1.165) is 29.4 Å². The predicted molar refractivity (Wildman–Crippen MR) is 114 cm³/mol. The molecule has 2 bridgehead atoms. The van der Waals surface area contributed by atoms with Crippen LogP contribution in [0, 0.1) is 17.3 Å². The molecule has 0 aromatic heterocycles. The maximum Gasteiger partial charge on any atom is 0.0234 e. The Morgan fingerprint density at radius 3 is 2.46 bits per heavy atom. The van der Waals surface area contributed by atoms with Crippen molar-refractivity contribution in [1.29, 1.82) is 0 Å². The molecule has 2 aromatic rings. The number of hydrogen-bond donors (Lipinski definition) is 0. The summed E-state index contributed by atoms with van der Waals surface area (Å²) >= 11 is 3.56. The van der Waals surface area contributed by atoms with Crippen LogP contribution in [0.3, 0.4) is 0 Å². The van der Waals surface area contributed by atoms with Crippen LogP contribution in [0.15, 0.2) is 64.7 Å². The fraction of sp³-hybridized carbons (Fsp3) is 0.417. The van der Waals surface area contributed by atoms with Crippen LogP contribution in [-0.2, 0) is 6.54 Å². The average Bonchev–Trinajstić information content (AvgIpc) is 2.62. The van der Waals surface area contributed by atoms with Crippen molar-refractivity contribution in [2.75, 3.05) is 13.6 Å². The molecule has 1 saturated carbocycles. The fourth-order valence-electron chi connectivity index (χ4n) is 4.81. The molecule has 1 fully saturated rings. The molecule has 2 aromatic carbocycles. The van der Waals surface area contributed by atoms with Crippen molar-refractivity contribution in [2.24, 2.45) is 17.3 Å². The van der Waals surface area contributed by atoms with E-state index >= 15 is 0 Å². The quantitative estimate of drug-likeness (QED) is 0.506. The van der Waals surface area contributed by atoms with Crippen molar-refractivity contribution < 1.29 is 0 Å². The van der Waals surface area contributed by atoms with Gasteiger partial charge in [-0.2, -0.15) is 0 Å². The van der Waals surface area contributed by atoms with Gasteiger partial charge in [0.15, 0.2) is 0 Å². The molecule has 0 unspecified atom stereocenters. The van der Waals surface area contributed by atoms with E-state index in [1.807, 2.05) is 0 Å². The van der Waals surface area contributed by atoms with E-state index in [1.165, 1.54) is 29.5 Å². The second-order valence-electron chi connectivity index (χ2n) is 8.70. The Labute approximate surface area is 166 Å². The third-order valence-electron chi connectivity index (χ3n) is 6.60. The van der Waals surface area contributed by atoms with E-state index in [0.29, 0.717) is 5.41 Å². The number of likely N-dealkylation sites (N-methyl/N-ethyl adjacent to an activating group) is 1. The highest BCUT2D eigenvalue weighted by atomic mass is 79.9. The largest absolute Gasteiger partial charge is 0.298 e. The maximum atomic E-state index is 3.56. The molecular weight excluding hydrogens is 382 g/mol. The normalized spacial score (nSPS) is 23.5. The van der Waals surface area contributed by atoms with E-state index in [1.54, 1.807) is 5.57 Å². The van der Waals surface area contributed by atoms with Crippen LogP contribution in [0.4, 0.5) is 0 Å². The molecular formula is C24H28BrN. The van der Waals surface area contributed by atoms with Crippen LogP contribution < -0.4 is 0 Å². The standard InChI is InChI=1S/C24H28BrN/c1-24(2)21-12-11-20(23(24)14-21)16-26(3)15-17-7-9-18(10-8-17)19-5-4-6-22(25)13-19/h4-11,13,21,23H,12,14-16H2,1-3H3/t21-,23-/m0/s1. The summed E-state index contributed by atoms with van der Waals surface area (Å²) in [4.78, 5) is 2.47. The van der Waals surface area contributed by atoms with Gasteiger partial charge < -0.3 is 0 Å². The number of rotatable bonds is 5. The van der Waals surface area contributed by atoms with Gasteiger partial charge in [0, 0.05) is 17.6 Å². The van der Waals surface area contributed by atoms with Gasteiger partial charge in [-0.1, -0.05) is 77.8 Å². The van der Waals surface area contributed by atoms with Gasteiger partial charge in [0.2, 0.25) is 0 Å². The van der Waals surface area contributed by atoms with Crippen molar-refractivity contribution in [2.45, 2.75) is 33.2 Å². The summed E-state index contributed by atoms with van der Waals surface area (Å²) in [6, 6.07) is 17.5. The molecule has 2 heteroatoms. The topological polar surface area (TPSA) is 3.24 Å². The van der Waals surface area contributed by atoms with Crippen LogP contribution in [0.1, 0.15) is 32.3 Å². The minimum Gasteiger partial charge on any atom is -0.298 e. The third-order valence-corrected chi connectivity index (χ3v) is 7.09. The molecule has 0 saturated heterocycles.